The summed E-state index contributed by atoms with van der Waals surface area (Å²) in [6, 6.07) is 0. The third-order valence-corrected chi connectivity index (χ3v) is 1.17. The maximum atomic E-state index is 10.6. The largest absolute Gasteiger partial charge is 0.478 e. The summed E-state index contributed by atoms with van der Waals surface area (Å²) in [5.74, 6) is -1.46. The van der Waals surface area contributed by atoms with Crippen LogP contribution in [0.1, 0.15) is 33.6 Å². The number of carboxylic acids is 1. The number of Topliss-reactive ketones (excluding diaryl/α,β-unsaturated/α-hetero) is 1. The number of esters is 1. The van der Waals surface area contributed by atoms with Gasteiger partial charge in [0.2, 0.25) is 0 Å². The molecule has 0 bridgehead atoms. The van der Waals surface area contributed by atoms with Crippen molar-refractivity contribution >= 4 is 17.7 Å². The summed E-state index contributed by atoms with van der Waals surface area (Å²) in [6.07, 6.45) is 3.26. The van der Waals surface area contributed by atoms with Gasteiger partial charge in [-0.15, -0.1) is 0 Å². The molecular formula is C11H18O5. The zero-order valence-corrected chi connectivity index (χ0v) is 9.86. The first-order valence-electron chi connectivity index (χ1n) is 4.94. The van der Waals surface area contributed by atoms with Crippen molar-refractivity contribution in [1.82, 2.24) is 0 Å². The molecule has 92 valence electrons. The third kappa shape index (κ3) is 18.2. The van der Waals surface area contributed by atoms with Crippen LogP contribution in [0.15, 0.2) is 12.2 Å². The smallest absolute Gasteiger partial charge is 0.327 e. The maximum Gasteiger partial charge on any atom is 0.327 e. The molecule has 0 atom stereocenters. The monoisotopic (exact) mass is 230 g/mol. The molecule has 0 heterocycles. The average molecular weight is 230 g/mol. The zero-order chi connectivity index (χ0) is 13.0. The highest BCUT2D eigenvalue weighted by molar-refractivity contribution is 5.94. The van der Waals surface area contributed by atoms with E-state index in [0.29, 0.717) is 6.61 Å². The fourth-order valence-electron chi connectivity index (χ4n) is 0.613. The van der Waals surface area contributed by atoms with Gasteiger partial charge in [-0.25, -0.2) is 4.79 Å². The van der Waals surface area contributed by atoms with Crippen molar-refractivity contribution in [1.29, 1.82) is 0 Å². The molecule has 1 N–H and O–H groups in total. The molecule has 0 radical (unpaired) electrons. The molecule has 0 aromatic carbocycles. The lowest BCUT2D eigenvalue weighted by Crippen LogP contribution is -2.09. The van der Waals surface area contributed by atoms with Gasteiger partial charge in [-0.2, -0.15) is 0 Å². The van der Waals surface area contributed by atoms with E-state index in [-0.39, 0.29) is 12.2 Å². The lowest BCUT2D eigenvalue weighted by atomic mass is 10.3. The Kier molecular flexibility index (Phi) is 12.0. The molecule has 0 aromatic rings. The molecule has 0 unspecified atom stereocenters. The Morgan fingerprint density at radius 1 is 1.31 bits per heavy atom. The minimum Gasteiger partial charge on any atom is -0.478 e. The van der Waals surface area contributed by atoms with E-state index in [1.165, 1.54) is 13.0 Å². The minimum absolute atomic E-state index is 0.0972. The van der Waals surface area contributed by atoms with E-state index in [2.05, 4.69) is 4.74 Å². The Bertz CT molecular complexity index is 255. The molecule has 0 saturated heterocycles. The Labute approximate surface area is 95.1 Å². The Hall–Kier alpha value is -1.65. The third-order valence-electron chi connectivity index (χ3n) is 1.17. The van der Waals surface area contributed by atoms with Crippen LogP contribution in [-0.4, -0.2) is 29.4 Å². The summed E-state index contributed by atoms with van der Waals surface area (Å²) in [5.41, 5.74) is 0. The van der Waals surface area contributed by atoms with Gasteiger partial charge >= 0.3 is 11.9 Å². The number of rotatable bonds is 5. The van der Waals surface area contributed by atoms with Gasteiger partial charge in [-0.1, -0.05) is 13.0 Å². The number of carbonyl (C=O) groups excluding carboxylic acids is 2. The fraction of sp³-hybridized carbons (Fsp3) is 0.545. The van der Waals surface area contributed by atoms with Crippen LogP contribution in [0.5, 0.6) is 0 Å². The van der Waals surface area contributed by atoms with Crippen molar-refractivity contribution in [2.24, 2.45) is 0 Å². The van der Waals surface area contributed by atoms with Crippen molar-refractivity contribution in [3.8, 4) is 0 Å². The van der Waals surface area contributed by atoms with Gasteiger partial charge in [0.25, 0.3) is 0 Å². The highest BCUT2D eigenvalue weighted by Gasteiger charge is 2.04. The van der Waals surface area contributed by atoms with Crippen LogP contribution >= 0.6 is 0 Å². The van der Waals surface area contributed by atoms with E-state index in [4.69, 9.17) is 5.11 Å². The molecule has 0 saturated carbocycles. The van der Waals surface area contributed by atoms with Gasteiger partial charge < -0.3 is 9.84 Å². The first-order chi connectivity index (χ1) is 7.43. The van der Waals surface area contributed by atoms with Crippen LogP contribution in [0, 0.1) is 0 Å². The lowest BCUT2D eigenvalue weighted by molar-refractivity contribution is -0.145. The number of hydrogen-bond donors (Lipinski definition) is 1. The van der Waals surface area contributed by atoms with E-state index < -0.39 is 11.9 Å². The number of carbonyl (C=O) groups is 3. The van der Waals surface area contributed by atoms with Crippen LogP contribution in [0.2, 0.25) is 0 Å². The number of carboxylic acid groups (broad SMARTS) is 1. The van der Waals surface area contributed by atoms with Gasteiger partial charge in [0, 0.05) is 6.08 Å². The van der Waals surface area contributed by atoms with Crippen LogP contribution in [0.3, 0.4) is 0 Å². The predicted octanol–water partition coefficient (Wildman–Crippen LogP) is 1.57. The van der Waals surface area contributed by atoms with E-state index in [1.54, 1.807) is 6.92 Å². The molecule has 5 nitrogen and oxygen atoms in total. The molecule has 0 aliphatic rings. The normalized spacial score (nSPS) is 9.19. The molecule has 0 spiro atoms. The van der Waals surface area contributed by atoms with Gasteiger partial charge in [-0.05, 0) is 20.3 Å². The standard InChI is InChI=1S/C7H12O3.C4H6O2/c1-3-4-10-7(9)5-6(2)8;1-2-3-4(5)6/h3-5H2,1-2H3;2-3H,1H3,(H,5,6). The molecule has 0 rings (SSSR count). The van der Waals surface area contributed by atoms with Gasteiger partial charge in [-0.3, -0.25) is 9.59 Å². The average Bonchev–Trinajstić information content (AvgIpc) is 2.14. The Balaban J connectivity index is 0. The zero-order valence-electron chi connectivity index (χ0n) is 9.86. The molecule has 0 fully saturated rings. The summed E-state index contributed by atoms with van der Waals surface area (Å²) in [5, 5.41) is 7.83. The van der Waals surface area contributed by atoms with Crippen molar-refractivity contribution in [2.75, 3.05) is 6.61 Å². The summed E-state index contributed by atoms with van der Waals surface area (Å²) >= 11 is 0. The molecule has 0 amide bonds. The van der Waals surface area contributed by atoms with Crippen molar-refractivity contribution < 1.29 is 24.2 Å². The van der Waals surface area contributed by atoms with Crippen LogP contribution < -0.4 is 0 Å². The van der Waals surface area contributed by atoms with Gasteiger partial charge in [0.1, 0.15) is 12.2 Å². The second-order valence-corrected chi connectivity index (χ2v) is 2.94. The fourth-order valence-corrected chi connectivity index (χ4v) is 0.613. The highest BCUT2D eigenvalue weighted by atomic mass is 16.5. The SMILES string of the molecule is CC=CC(=O)O.CCCOC(=O)CC(C)=O. The van der Waals surface area contributed by atoms with Crippen LogP contribution in [0.25, 0.3) is 0 Å². The van der Waals surface area contributed by atoms with Crippen LogP contribution in [-0.2, 0) is 19.1 Å². The molecule has 0 aliphatic carbocycles. The number of allylic oxidation sites excluding steroid dienone is 1. The van der Waals surface area contributed by atoms with Crippen LogP contribution in [0.4, 0.5) is 0 Å². The first kappa shape index (κ1) is 16.8. The van der Waals surface area contributed by atoms with Crippen molar-refractivity contribution in [2.45, 2.75) is 33.6 Å². The summed E-state index contributed by atoms with van der Waals surface area (Å²) < 4.78 is 4.64. The molecule has 0 aromatic heterocycles. The second kappa shape index (κ2) is 11.4. The summed E-state index contributed by atoms with van der Waals surface area (Å²) in [6.45, 7) is 5.34. The summed E-state index contributed by atoms with van der Waals surface area (Å²) in [4.78, 5) is 30.4. The van der Waals surface area contributed by atoms with Gasteiger partial charge in [0.05, 0.1) is 6.61 Å². The molecule has 0 aliphatic heterocycles. The topological polar surface area (TPSA) is 80.7 Å². The van der Waals surface area contributed by atoms with Crippen molar-refractivity contribution in [3.05, 3.63) is 12.2 Å². The Morgan fingerprint density at radius 2 is 1.88 bits per heavy atom. The summed E-state index contributed by atoms with van der Waals surface area (Å²) in [7, 11) is 0. The van der Waals surface area contributed by atoms with Gasteiger partial charge in [0.15, 0.2) is 0 Å². The van der Waals surface area contributed by atoms with E-state index in [0.717, 1.165) is 12.5 Å². The van der Waals surface area contributed by atoms with Crippen molar-refractivity contribution in [3.63, 3.8) is 0 Å². The molecule has 16 heavy (non-hydrogen) atoms. The highest BCUT2D eigenvalue weighted by Crippen LogP contribution is 1.88. The lowest BCUT2D eigenvalue weighted by Gasteiger charge is -1.98. The molecular weight excluding hydrogens is 212 g/mol. The number of ether oxygens (including phenoxy) is 1. The first-order valence-corrected chi connectivity index (χ1v) is 4.94. The van der Waals surface area contributed by atoms with E-state index in [1.807, 2.05) is 6.92 Å². The quantitative estimate of drug-likeness (QED) is 0.440. The Morgan fingerprint density at radius 3 is 2.12 bits per heavy atom. The maximum absolute atomic E-state index is 10.6. The number of aliphatic carboxylic acids is 1. The minimum atomic E-state index is -0.891. The number of ketones is 1. The van der Waals surface area contributed by atoms with E-state index in [9.17, 15) is 14.4 Å². The predicted molar refractivity (Wildman–Crippen MR) is 59.0 cm³/mol. The molecule has 5 heteroatoms. The van der Waals surface area contributed by atoms with E-state index >= 15 is 0 Å². The second-order valence-electron chi connectivity index (χ2n) is 2.94. The number of hydrogen-bond acceptors (Lipinski definition) is 4.